The average molecular weight is 330 g/mol. The number of rotatable bonds is 2. The molecule has 0 bridgehead atoms. The number of hydrogen-bond donors (Lipinski definition) is 1. The van der Waals surface area contributed by atoms with Gasteiger partial charge in [-0.05, 0) is 35.0 Å². The number of halogens is 1. The van der Waals surface area contributed by atoms with Gasteiger partial charge in [-0.15, -0.1) is 11.3 Å². The van der Waals surface area contributed by atoms with E-state index >= 15 is 0 Å². The lowest BCUT2D eigenvalue weighted by atomic mass is 10.2. The minimum Gasteiger partial charge on any atom is -0.318 e. The molecule has 4 nitrogen and oxygen atoms in total. The van der Waals surface area contributed by atoms with Gasteiger partial charge < -0.3 is 15.1 Å². The van der Waals surface area contributed by atoms with Crippen molar-refractivity contribution in [3.05, 3.63) is 20.8 Å². The van der Waals surface area contributed by atoms with Gasteiger partial charge in [-0.3, -0.25) is 0 Å². The van der Waals surface area contributed by atoms with Gasteiger partial charge in [0, 0.05) is 40.9 Å². The summed E-state index contributed by atoms with van der Waals surface area (Å²) in [6, 6.07) is 2.86. The van der Waals surface area contributed by atoms with Crippen LogP contribution >= 0.6 is 27.3 Å². The van der Waals surface area contributed by atoms with Crippen molar-refractivity contribution in [1.82, 2.24) is 15.1 Å². The molecular weight excluding hydrogens is 314 g/mol. The SMILES string of the molecule is CN1C(=O)N(C2CCNC2)CC1c1cc(Br)cs1. The highest BCUT2D eigenvalue weighted by molar-refractivity contribution is 9.10. The third-order valence-electron chi connectivity index (χ3n) is 3.78. The third-order valence-corrected chi connectivity index (χ3v) is 5.57. The van der Waals surface area contributed by atoms with Crippen molar-refractivity contribution in [2.75, 3.05) is 26.7 Å². The molecule has 18 heavy (non-hydrogen) atoms. The van der Waals surface area contributed by atoms with Gasteiger partial charge in [-0.25, -0.2) is 4.79 Å². The zero-order valence-electron chi connectivity index (χ0n) is 10.2. The molecule has 2 saturated heterocycles. The van der Waals surface area contributed by atoms with Crippen LogP contribution in [0.25, 0.3) is 0 Å². The second-order valence-electron chi connectivity index (χ2n) is 4.88. The summed E-state index contributed by atoms with van der Waals surface area (Å²) in [5.41, 5.74) is 0. The van der Waals surface area contributed by atoms with E-state index in [9.17, 15) is 4.79 Å². The summed E-state index contributed by atoms with van der Waals surface area (Å²) in [6.45, 7) is 2.77. The van der Waals surface area contributed by atoms with Gasteiger partial charge in [0.25, 0.3) is 0 Å². The molecule has 2 aliphatic rings. The van der Waals surface area contributed by atoms with E-state index in [1.165, 1.54) is 4.88 Å². The van der Waals surface area contributed by atoms with Crippen molar-refractivity contribution >= 4 is 33.3 Å². The van der Waals surface area contributed by atoms with Crippen LogP contribution in [0.15, 0.2) is 15.9 Å². The summed E-state index contributed by atoms with van der Waals surface area (Å²) in [7, 11) is 1.91. The maximum Gasteiger partial charge on any atom is 0.320 e. The summed E-state index contributed by atoms with van der Waals surface area (Å²) >= 11 is 5.19. The molecule has 0 saturated carbocycles. The minimum atomic E-state index is 0.165. The fraction of sp³-hybridized carbons (Fsp3) is 0.583. The molecule has 98 valence electrons. The first-order valence-electron chi connectivity index (χ1n) is 6.15. The smallest absolute Gasteiger partial charge is 0.318 e. The van der Waals surface area contributed by atoms with Gasteiger partial charge in [0.1, 0.15) is 0 Å². The molecule has 2 fully saturated rings. The molecule has 0 radical (unpaired) electrons. The lowest BCUT2D eigenvalue weighted by molar-refractivity contribution is 0.184. The van der Waals surface area contributed by atoms with E-state index in [1.54, 1.807) is 11.3 Å². The Kier molecular flexibility index (Phi) is 3.34. The van der Waals surface area contributed by atoms with Crippen LogP contribution in [0.3, 0.4) is 0 Å². The summed E-state index contributed by atoms with van der Waals surface area (Å²) < 4.78 is 1.10. The maximum absolute atomic E-state index is 12.3. The van der Waals surface area contributed by atoms with E-state index in [0.29, 0.717) is 6.04 Å². The van der Waals surface area contributed by atoms with E-state index in [4.69, 9.17) is 0 Å². The summed E-state index contributed by atoms with van der Waals surface area (Å²) in [6.07, 6.45) is 1.07. The van der Waals surface area contributed by atoms with Crippen molar-refractivity contribution in [3.63, 3.8) is 0 Å². The highest BCUT2D eigenvalue weighted by Crippen LogP contribution is 2.35. The molecule has 0 aromatic carbocycles. The maximum atomic E-state index is 12.3. The van der Waals surface area contributed by atoms with Crippen LogP contribution < -0.4 is 5.32 Å². The van der Waals surface area contributed by atoms with Crippen molar-refractivity contribution in [2.45, 2.75) is 18.5 Å². The third kappa shape index (κ3) is 2.06. The number of hydrogen-bond acceptors (Lipinski definition) is 3. The molecule has 2 amide bonds. The van der Waals surface area contributed by atoms with E-state index in [1.807, 2.05) is 16.8 Å². The first-order valence-corrected chi connectivity index (χ1v) is 7.82. The van der Waals surface area contributed by atoms with Crippen molar-refractivity contribution in [2.24, 2.45) is 0 Å². The monoisotopic (exact) mass is 329 g/mol. The topological polar surface area (TPSA) is 35.6 Å². The second-order valence-corrected chi connectivity index (χ2v) is 6.73. The number of nitrogens with zero attached hydrogens (tertiary/aromatic N) is 2. The van der Waals surface area contributed by atoms with Gasteiger partial charge in [0.15, 0.2) is 0 Å². The van der Waals surface area contributed by atoms with Crippen molar-refractivity contribution < 1.29 is 4.79 Å². The Morgan fingerprint density at radius 2 is 2.39 bits per heavy atom. The number of carbonyl (C=O) groups is 1. The molecule has 2 atom stereocenters. The van der Waals surface area contributed by atoms with Crippen LogP contribution in [0, 0.1) is 0 Å². The first-order chi connectivity index (χ1) is 8.66. The molecule has 3 heterocycles. The summed E-state index contributed by atoms with van der Waals surface area (Å²) in [5.74, 6) is 0. The van der Waals surface area contributed by atoms with Crippen LogP contribution in [-0.4, -0.2) is 48.6 Å². The largest absolute Gasteiger partial charge is 0.320 e. The Morgan fingerprint density at radius 1 is 1.56 bits per heavy atom. The van der Waals surface area contributed by atoms with E-state index < -0.39 is 0 Å². The fourth-order valence-electron chi connectivity index (χ4n) is 2.72. The predicted molar refractivity (Wildman–Crippen MR) is 75.9 cm³/mol. The molecule has 6 heteroatoms. The summed E-state index contributed by atoms with van der Waals surface area (Å²) in [4.78, 5) is 17.5. The number of urea groups is 1. The molecule has 0 spiro atoms. The quantitative estimate of drug-likeness (QED) is 0.903. The van der Waals surface area contributed by atoms with E-state index in [-0.39, 0.29) is 12.1 Å². The highest BCUT2D eigenvalue weighted by atomic mass is 79.9. The number of carbonyl (C=O) groups excluding carboxylic acids is 1. The van der Waals surface area contributed by atoms with Crippen LogP contribution in [-0.2, 0) is 0 Å². The lowest BCUT2D eigenvalue weighted by Gasteiger charge is -2.22. The standard InChI is InChI=1S/C12H16BrN3OS/c1-15-10(11-4-8(13)7-18-11)6-16(12(15)17)9-2-3-14-5-9/h4,7,9-10,14H,2-3,5-6H2,1H3. The fourth-order valence-corrected chi connectivity index (χ4v) is 4.30. The Hall–Kier alpha value is -0.590. The molecule has 2 unspecified atom stereocenters. The van der Waals surface area contributed by atoms with Crippen LogP contribution in [0.5, 0.6) is 0 Å². The zero-order valence-corrected chi connectivity index (χ0v) is 12.6. The number of likely N-dealkylation sites (N-methyl/N-ethyl adjacent to an activating group) is 1. The van der Waals surface area contributed by atoms with Gasteiger partial charge in [-0.2, -0.15) is 0 Å². The number of nitrogens with one attached hydrogen (secondary N) is 1. The van der Waals surface area contributed by atoms with E-state index in [2.05, 4.69) is 32.7 Å². The summed E-state index contributed by atoms with van der Waals surface area (Å²) in [5, 5.41) is 5.40. The van der Waals surface area contributed by atoms with Gasteiger partial charge in [-0.1, -0.05) is 0 Å². The molecule has 2 aliphatic heterocycles. The Morgan fingerprint density at radius 3 is 3.00 bits per heavy atom. The van der Waals surface area contributed by atoms with Crippen LogP contribution in [0.4, 0.5) is 4.79 Å². The highest BCUT2D eigenvalue weighted by Gasteiger charge is 2.40. The number of thiophene rings is 1. The average Bonchev–Trinajstić information content (AvgIpc) is 3.04. The molecule has 0 aliphatic carbocycles. The Labute approximate surface area is 119 Å². The molecule has 1 N–H and O–H groups in total. The Bertz CT molecular complexity index is 458. The van der Waals surface area contributed by atoms with Gasteiger partial charge >= 0.3 is 6.03 Å². The van der Waals surface area contributed by atoms with Crippen LogP contribution in [0.1, 0.15) is 17.3 Å². The number of amides is 2. The van der Waals surface area contributed by atoms with E-state index in [0.717, 1.165) is 30.5 Å². The predicted octanol–water partition coefficient (Wildman–Crippen LogP) is 2.28. The van der Waals surface area contributed by atoms with Crippen LogP contribution in [0.2, 0.25) is 0 Å². The first kappa shape index (κ1) is 12.4. The Balaban J connectivity index is 1.80. The normalized spacial score (nSPS) is 28.4. The van der Waals surface area contributed by atoms with Crippen molar-refractivity contribution in [3.8, 4) is 0 Å². The van der Waals surface area contributed by atoms with Gasteiger partial charge in [0.05, 0.1) is 6.04 Å². The molecule has 1 aromatic rings. The molecular formula is C12H16BrN3OS. The minimum absolute atomic E-state index is 0.165. The molecule has 1 aromatic heterocycles. The second kappa shape index (κ2) is 4.83. The zero-order chi connectivity index (χ0) is 12.7. The van der Waals surface area contributed by atoms with Crippen molar-refractivity contribution in [1.29, 1.82) is 0 Å². The van der Waals surface area contributed by atoms with Gasteiger partial charge in [0.2, 0.25) is 0 Å². The lowest BCUT2D eigenvalue weighted by Crippen LogP contribution is -2.39. The molecule has 3 rings (SSSR count).